The molecule has 6 heteroatoms. The molecule has 0 fully saturated rings. The number of anilines is 2. The summed E-state index contributed by atoms with van der Waals surface area (Å²) in [5.41, 5.74) is 3.27. The summed E-state index contributed by atoms with van der Waals surface area (Å²) in [6.45, 7) is 2.28. The van der Waals surface area contributed by atoms with Gasteiger partial charge in [-0.25, -0.2) is 0 Å². The summed E-state index contributed by atoms with van der Waals surface area (Å²) in [5.74, 6) is -0.201. The van der Waals surface area contributed by atoms with E-state index in [0.717, 1.165) is 16.9 Å². The summed E-state index contributed by atoms with van der Waals surface area (Å²) >= 11 is 0. The Balaban J connectivity index is 0. The van der Waals surface area contributed by atoms with Crippen LogP contribution in [0.1, 0.15) is 27.1 Å². The van der Waals surface area contributed by atoms with Crippen LogP contribution < -0.4 is 16.0 Å². The lowest BCUT2D eigenvalue weighted by Crippen LogP contribution is -2.17. The minimum Gasteiger partial charge on any atom is -0.363 e. The van der Waals surface area contributed by atoms with E-state index in [1.807, 2.05) is 36.4 Å². The van der Waals surface area contributed by atoms with Crippen LogP contribution in [-0.4, -0.2) is 25.6 Å². The molecule has 0 aliphatic rings. The van der Waals surface area contributed by atoms with Gasteiger partial charge in [0.25, 0.3) is 5.91 Å². The third kappa shape index (κ3) is 5.40. The number of hydrogen-bond acceptors (Lipinski definition) is 4. The third-order valence-corrected chi connectivity index (χ3v) is 3.30. The Morgan fingerprint density at radius 2 is 1.62 bits per heavy atom. The number of amides is 2. The zero-order valence-corrected chi connectivity index (χ0v) is 13.8. The first kappa shape index (κ1) is 17.5. The summed E-state index contributed by atoms with van der Waals surface area (Å²) < 4.78 is 5.56. The summed E-state index contributed by atoms with van der Waals surface area (Å²) in [7, 11) is 1.60. The van der Waals surface area contributed by atoms with E-state index in [1.165, 1.54) is 6.92 Å². The molecule has 6 nitrogen and oxygen atoms in total. The Morgan fingerprint density at radius 3 is 2.21 bits per heavy atom. The predicted octanol–water partition coefficient (Wildman–Crippen LogP) is 3.33. The monoisotopic (exact) mass is 333 g/mol. The summed E-state index contributed by atoms with van der Waals surface area (Å²) in [6, 6.07) is 14.7. The van der Waals surface area contributed by atoms with Gasteiger partial charge in [-0.15, -0.1) is 0 Å². The number of rotatable bonds is 7. The third-order valence-electron chi connectivity index (χ3n) is 3.30. The van der Waals surface area contributed by atoms with Crippen molar-refractivity contribution in [3.05, 3.63) is 59.7 Å². The standard InChI is InChI=1S/C18H21N3O3.3H2/c1-13(22)21-17-9-7-16(8-10-17)20-12-24-11-14-3-5-15(6-4-14)18(23)19-2;;;/h3-10,20H,11-12H2,1-2H3,(H,19,23)(H,21,22);3*1H. The highest BCUT2D eigenvalue weighted by molar-refractivity contribution is 5.93. The fraction of sp³-hybridized carbons (Fsp3) is 0.222. The van der Waals surface area contributed by atoms with Crippen LogP contribution in [0.4, 0.5) is 11.4 Å². The van der Waals surface area contributed by atoms with E-state index in [-0.39, 0.29) is 16.1 Å². The molecular weight excluding hydrogens is 306 g/mol. The van der Waals surface area contributed by atoms with E-state index in [9.17, 15) is 9.59 Å². The zero-order valence-electron chi connectivity index (χ0n) is 13.8. The van der Waals surface area contributed by atoms with E-state index in [0.29, 0.717) is 18.9 Å². The first-order chi connectivity index (χ1) is 11.6. The van der Waals surface area contributed by atoms with Crippen molar-refractivity contribution in [2.45, 2.75) is 13.5 Å². The Labute approximate surface area is 145 Å². The van der Waals surface area contributed by atoms with E-state index in [1.54, 1.807) is 19.2 Å². The number of nitrogens with one attached hydrogen (secondary N) is 3. The summed E-state index contributed by atoms with van der Waals surface area (Å²) in [6.07, 6.45) is 0. The van der Waals surface area contributed by atoms with Gasteiger partial charge in [0.1, 0.15) is 6.73 Å². The van der Waals surface area contributed by atoms with Crippen LogP contribution in [0.25, 0.3) is 0 Å². The average Bonchev–Trinajstić information content (AvgIpc) is 2.59. The SMILES string of the molecule is CNC(=O)c1ccc(COCNc2ccc(NC(C)=O)cc2)cc1.[HH].[HH].[HH]. The van der Waals surface area contributed by atoms with E-state index >= 15 is 0 Å². The van der Waals surface area contributed by atoms with Gasteiger partial charge in [-0.05, 0) is 42.0 Å². The van der Waals surface area contributed by atoms with Crippen LogP contribution in [-0.2, 0) is 16.1 Å². The molecule has 0 saturated heterocycles. The molecule has 0 aliphatic carbocycles. The van der Waals surface area contributed by atoms with Gasteiger partial charge in [-0.3, -0.25) is 9.59 Å². The van der Waals surface area contributed by atoms with Crippen molar-refractivity contribution in [3.63, 3.8) is 0 Å². The molecule has 2 aromatic carbocycles. The van der Waals surface area contributed by atoms with Crippen LogP contribution in [0.2, 0.25) is 0 Å². The molecule has 0 bridgehead atoms. The van der Waals surface area contributed by atoms with Gasteiger partial charge < -0.3 is 20.7 Å². The van der Waals surface area contributed by atoms with Gasteiger partial charge in [0.05, 0.1) is 6.61 Å². The fourth-order valence-corrected chi connectivity index (χ4v) is 2.07. The number of ether oxygens (including phenoxy) is 1. The second-order valence-corrected chi connectivity index (χ2v) is 5.20. The lowest BCUT2D eigenvalue weighted by Gasteiger charge is -2.09. The lowest BCUT2D eigenvalue weighted by atomic mass is 10.1. The summed E-state index contributed by atoms with van der Waals surface area (Å²) in [5, 5.41) is 8.43. The quantitative estimate of drug-likeness (QED) is 0.536. The second kappa shape index (κ2) is 8.69. The summed E-state index contributed by atoms with van der Waals surface area (Å²) in [4.78, 5) is 22.4. The lowest BCUT2D eigenvalue weighted by molar-refractivity contribution is -0.114. The van der Waals surface area contributed by atoms with Crippen LogP contribution in [0, 0.1) is 0 Å². The maximum Gasteiger partial charge on any atom is 0.251 e. The van der Waals surface area contributed by atoms with Gasteiger partial charge in [0.2, 0.25) is 5.91 Å². The molecule has 3 N–H and O–H groups in total. The molecule has 132 valence electrons. The molecular formula is C18H27N3O3. The molecule has 24 heavy (non-hydrogen) atoms. The molecule has 0 spiro atoms. The number of hydrogen-bond donors (Lipinski definition) is 3. The number of carbonyl (C=O) groups excluding carboxylic acids is 2. The van der Waals surface area contributed by atoms with E-state index in [2.05, 4.69) is 16.0 Å². The largest absolute Gasteiger partial charge is 0.363 e. The van der Waals surface area contributed by atoms with E-state index < -0.39 is 0 Å². The van der Waals surface area contributed by atoms with Gasteiger partial charge in [-0.2, -0.15) is 0 Å². The smallest absolute Gasteiger partial charge is 0.251 e. The first-order valence-corrected chi connectivity index (χ1v) is 7.59. The van der Waals surface area contributed by atoms with Crippen molar-refractivity contribution < 1.29 is 18.6 Å². The van der Waals surface area contributed by atoms with Crippen molar-refractivity contribution in [3.8, 4) is 0 Å². The van der Waals surface area contributed by atoms with Gasteiger partial charge in [-0.1, -0.05) is 12.1 Å². The fourth-order valence-electron chi connectivity index (χ4n) is 2.07. The normalized spacial score (nSPS) is 10.1. The molecule has 0 aliphatic heterocycles. The van der Waals surface area contributed by atoms with Crippen molar-refractivity contribution in [1.29, 1.82) is 0 Å². The Bertz CT molecular complexity index is 695. The minimum absolute atomic E-state index is 0. The molecule has 0 heterocycles. The molecule has 2 rings (SSSR count). The maximum absolute atomic E-state index is 11.4. The van der Waals surface area contributed by atoms with Crippen molar-refractivity contribution in [2.24, 2.45) is 0 Å². The van der Waals surface area contributed by atoms with Crippen molar-refractivity contribution in [1.82, 2.24) is 5.32 Å². The Morgan fingerprint density at radius 1 is 1.00 bits per heavy atom. The topological polar surface area (TPSA) is 79.5 Å². The average molecular weight is 333 g/mol. The van der Waals surface area contributed by atoms with Crippen LogP contribution >= 0.6 is 0 Å². The maximum atomic E-state index is 11.4. The minimum atomic E-state index is -0.105. The molecule has 0 radical (unpaired) electrons. The zero-order chi connectivity index (χ0) is 17.4. The van der Waals surface area contributed by atoms with Gasteiger partial charge >= 0.3 is 0 Å². The van der Waals surface area contributed by atoms with E-state index in [4.69, 9.17) is 4.74 Å². The highest BCUT2D eigenvalue weighted by atomic mass is 16.5. The van der Waals surface area contributed by atoms with Gasteiger partial charge in [0.15, 0.2) is 0 Å². The first-order valence-electron chi connectivity index (χ1n) is 7.59. The molecule has 0 saturated carbocycles. The Hall–Kier alpha value is -2.86. The van der Waals surface area contributed by atoms with Crippen LogP contribution in [0.5, 0.6) is 0 Å². The predicted molar refractivity (Wildman–Crippen MR) is 100 cm³/mol. The van der Waals surface area contributed by atoms with Crippen molar-refractivity contribution >= 4 is 23.2 Å². The van der Waals surface area contributed by atoms with Crippen LogP contribution in [0.15, 0.2) is 48.5 Å². The van der Waals surface area contributed by atoms with Gasteiger partial charge in [0, 0.05) is 35.2 Å². The van der Waals surface area contributed by atoms with Crippen LogP contribution in [0.3, 0.4) is 0 Å². The highest BCUT2D eigenvalue weighted by Crippen LogP contribution is 2.13. The molecule has 0 atom stereocenters. The van der Waals surface area contributed by atoms with Crippen molar-refractivity contribution in [2.75, 3.05) is 24.4 Å². The molecule has 0 aromatic heterocycles. The highest BCUT2D eigenvalue weighted by Gasteiger charge is 2.02. The molecule has 2 amide bonds. The number of benzene rings is 2. The second-order valence-electron chi connectivity index (χ2n) is 5.20. The number of carbonyl (C=O) groups is 2. The Kier molecular flexibility index (Phi) is 6.33. The molecule has 2 aromatic rings. The molecule has 0 unspecified atom stereocenters.